The largest absolute Gasteiger partial charge is 0.378 e. The topological polar surface area (TPSA) is 59.3 Å². The standard InChI is InChI=1S/C14H18N6O/c1-18-4-2-3-5-20-13-11(17-14(18)20)12(15-10-16-13)19-6-8-21-9-7-19/h2-3,10H,4-9H2,1H3. The average molecular weight is 286 g/mol. The molecule has 0 N–H and O–H groups in total. The average Bonchev–Trinajstić information content (AvgIpc) is 2.81. The number of likely N-dealkylation sites (N-methyl/N-ethyl adjacent to an activating group) is 1. The van der Waals surface area contributed by atoms with Crippen LogP contribution in [0, 0.1) is 0 Å². The molecule has 2 aromatic rings. The highest BCUT2D eigenvalue weighted by Crippen LogP contribution is 2.28. The van der Waals surface area contributed by atoms with Crippen LogP contribution in [0.2, 0.25) is 0 Å². The van der Waals surface area contributed by atoms with Gasteiger partial charge in [-0.1, -0.05) is 12.2 Å². The van der Waals surface area contributed by atoms with Gasteiger partial charge in [-0.2, -0.15) is 0 Å². The summed E-state index contributed by atoms with van der Waals surface area (Å²) in [6, 6.07) is 0. The van der Waals surface area contributed by atoms with Gasteiger partial charge in [0.2, 0.25) is 5.95 Å². The van der Waals surface area contributed by atoms with Crippen LogP contribution in [0.4, 0.5) is 11.8 Å². The smallest absolute Gasteiger partial charge is 0.208 e. The summed E-state index contributed by atoms with van der Waals surface area (Å²) < 4.78 is 7.56. The van der Waals surface area contributed by atoms with Crippen molar-refractivity contribution in [1.82, 2.24) is 19.5 Å². The third-order valence-corrected chi connectivity index (χ3v) is 3.98. The zero-order valence-electron chi connectivity index (χ0n) is 12.1. The molecule has 0 spiro atoms. The molecule has 0 saturated carbocycles. The van der Waals surface area contributed by atoms with Crippen molar-refractivity contribution in [2.45, 2.75) is 6.54 Å². The first-order valence-corrected chi connectivity index (χ1v) is 7.24. The van der Waals surface area contributed by atoms with Crippen LogP contribution in [0.25, 0.3) is 11.2 Å². The number of nitrogens with zero attached hydrogens (tertiary/aromatic N) is 6. The Morgan fingerprint density at radius 3 is 2.76 bits per heavy atom. The Hall–Kier alpha value is -2.15. The second kappa shape index (κ2) is 5.00. The molecule has 0 radical (unpaired) electrons. The first kappa shape index (κ1) is 12.6. The molecule has 2 aliphatic rings. The van der Waals surface area contributed by atoms with E-state index < -0.39 is 0 Å². The molecule has 110 valence electrons. The highest BCUT2D eigenvalue weighted by Gasteiger charge is 2.22. The van der Waals surface area contributed by atoms with Gasteiger partial charge in [0.05, 0.1) is 13.2 Å². The summed E-state index contributed by atoms with van der Waals surface area (Å²) in [5, 5.41) is 0. The summed E-state index contributed by atoms with van der Waals surface area (Å²) in [5.74, 6) is 1.87. The fraction of sp³-hybridized carbons (Fsp3) is 0.500. The summed E-state index contributed by atoms with van der Waals surface area (Å²) in [6.45, 7) is 4.84. The molecular weight excluding hydrogens is 268 g/mol. The Balaban J connectivity index is 1.86. The minimum Gasteiger partial charge on any atom is -0.378 e. The molecule has 7 heteroatoms. The summed E-state index contributed by atoms with van der Waals surface area (Å²) >= 11 is 0. The summed E-state index contributed by atoms with van der Waals surface area (Å²) in [4.78, 5) is 18.1. The zero-order valence-corrected chi connectivity index (χ0v) is 12.1. The quantitative estimate of drug-likeness (QED) is 0.718. The van der Waals surface area contributed by atoms with Crippen molar-refractivity contribution in [3.8, 4) is 0 Å². The lowest BCUT2D eigenvalue weighted by atomic mass is 10.3. The van der Waals surface area contributed by atoms with E-state index in [0.29, 0.717) is 0 Å². The van der Waals surface area contributed by atoms with Crippen molar-refractivity contribution in [3.05, 3.63) is 18.5 Å². The number of rotatable bonds is 1. The lowest BCUT2D eigenvalue weighted by Gasteiger charge is -2.27. The lowest BCUT2D eigenvalue weighted by Crippen LogP contribution is -2.37. The minimum absolute atomic E-state index is 0.738. The van der Waals surface area contributed by atoms with Gasteiger partial charge >= 0.3 is 0 Å². The van der Waals surface area contributed by atoms with E-state index in [4.69, 9.17) is 9.72 Å². The molecule has 0 aliphatic carbocycles. The van der Waals surface area contributed by atoms with Crippen LogP contribution in [0.1, 0.15) is 0 Å². The Kier molecular flexibility index (Phi) is 2.99. The molecule has 1 saturated heterocycles. The summed E-state index contributed by atoms with van der Waals surface area (Å²) in [6.07, 6.45) is 5.95. The van der Waals surface area contributed by atoms with E-state index in [1.54, 1.807) is 6.33 Å². The van der Waals surface area contributed by atoms with Crippen molar-refractivity contribution in [2.75, 3.05) is 49.7 Å². The first-order valence-electron chi connectivity index (χ1n) is 7.24. The Morgan fingerprint density at radius 1 is 1.10 bits per heavy atom. The molecule has 0 amide bonds. The zero-order chi connectivity index (χ0) is 14.2. The maximum absolute atomic E-state index is 5.42. The van der Waals surface area contributed by atoms with Crippen LogP contribution < -0.4 is 9.80 Å². The number of aromatic nitrogens is 4. The predicted molar refractivity (Wildman–Crippen MR) is 80.8 cm³/mol. The molecule has 4 heterocycles. The highest BCUT2D eigenvalue weighted by atomic mass is 16.5. The van der Waals surface area contributed by atoms with E-state index in [2.05, 4.69) is 43.5 Å². The van der Waals surface area contributed by atoms with E-state index in [1.807, 2.05) is 0 Å². The molecule has 2 aromatic heterocycles. The highest BCUT2D eigenvalue weighted by molar-refractivity contribution is 5.86. The molecule has 0 bridgehead atoms. The number of hydrogen-bond donors (Lipinski definition) is 0. The van der Waals surface area contributed by atoms with Gasteiger partial charge in [0.1, 0.15) is 6.33 Å². The molecule has 1 fully saturated rings. The molecule has 0 unspecified atom stereocenters. The normalized spacial score (nSPS) is 18.9. The third kappa shape index (κ3) is 2.04. The van der Waals surface area contributed by atoms with Gasteiger partial charge in [-0.05, 0) is 0 Å². The third-order valence-electron chi connectivity index (χ3n) is 3.98. The van der Waals surface area contributed by atoms with Crippen LogP contribution >= 0.6 is 0 Å². The number of anilines is 2. The van der Waals surface area contributed by atoms with Crippen LogP contribution in [0.5, 0.6) is 0 Å². The van der Waals surface area contributed by atoms with Gasteiger partial charge in [0.15, 0.2) is 17.0 Å². The molecular formula is C14H18N6O. The maximum atomic E-state index is 5.42. The van der Waals surface area contributed by atoms with E-state index >= 15 is 0 Å². The van der Waals surface area contributed by atoms with E-state index in [1.165, 1.54) is 0 Å². The molecule has 2 aliphatic heterocycles. The van der Waals surface area contributed by atoms with Gasteiger partial charge in [0.25, 0.3) is 0 Å². The van der Waals surface area contributed by atoms with Crippen molar-refractivity contribution in [2.24, 2.45) is 0 Å². The molecule has 0 aromatic carbocycles. The van der Waals surface area contributed by atoms with Gasteiger partial charge in [-0.25, -0.2) is 15.0 Å². The Morgan fingerprint density at radius 2 is 1.90 bits per heavy atom. The number of ether oxygens (including phenoxy) is 1. The number of fused-ring (bicyclic) bond motifs is 3. The fourth-order valence-corrected chi connectivity index (χ4v) is 2.87. The van der Waals surface area contributed by atoms with Gasteiger partial charge in [-0.3, -0.25) is 4.57 Å². The summed E-state index contributed by atoms with van der Waals surface area (Å²) in [7, 11) is 2.05. The molecule has 4 rings (SSSR count). The molecule has 21 heavy (non-hydrogen) atoms. The molecule has 0 atom stereocenters. The summed E-state index contributed by atoms with van der Waals surface area (Å²) in [5.41, 5.74) is 1.79. The predicted octanol–water partition coefficient (Wildman–Crippen LogP) is 0.669. The van der Waals surface area contributed by atoms with E-state index in [9.17, 15) is 0 Å². The second-order valence-corrected chi connectivity index (χ2v) is 5.34. The van der Waals surface area contributed by atoms with Gasteiger partial charge in [0, 0.05) is 33.2 Å². The Labute approximate surface area is 122 Å². The number of morpholine rings is 1. The molecule has 7 nitrogen and oxygen atoms in total. The van der Waals surface area contributed by atoms with Crippen molar-refractivity contribution >= 4 is 22.9 Å². The monoisotopic (exact) mass is 286 g/mol. The van der Waals surface area contributed by atoms with Crippen LogP contribution in [-0.2, 0) is 11.3 Å². The minimum atomic E-state index is 0.738. The Bertz CT molecular complexity index is 688. The van der Waals surface area contributed by atoms with Crippen LogP contribution in [0.15, 0.2) is 18.5 Å². The lowest BCUT2D eigenvalue weighted by molar-refractivity contribution is 0.122. The van der Waals surface area contributed by atoms with Gasteiger partial charge < -0.3 is 14.5 Å². The number of allylic oxidation sites excluding steroid dienone is 1. The van der Waals surface area contributed by atoms with E-state index in [-0.39, 0.29) is 0 Å². The maximum Gasteiger partial charge on any atom is 0.208 e. The first-order chi connectivity index (χ1) is 10.3. The number of hydrogen-bond acceptors (Lipinski definition) is 6. The van der Waals surface area contributed by atoms with Crippen LogP contribution in [0.3, 0.4) is 0 Å². The van der Waals surface area contributed by atoms with Crippen molar-refractivity contribution < 1.29 is 4.74 Å². The van der Waals surface area contributed by atoms with E-state index in [0.717, 1.165) is 62.3 Å². The fourth-order valence-electron chi connectivity index (χ4n) is 2.87. The van der Waals surface area contributed by atoms with Gasteiger partial charge in [-0.15, -0.1) is 0 Å². The SMILES string of the molecule is CN1CC=CCn2c1nc1c(N3CCOCC3)ncnc12. The number of imidazole rings is 1. The van der Waals surface area contributed by atoms with Crippen LogP contribution in [-0.4, -0.2) is 59.4 Å². The second-order valence-electron chi connectivity index (χ2n) is 5.34. The van der Waals surface area contributed by atoms with Crippen molar-refractivity contribution in [1.29, 1.82) is 0 Å². The van der Waals surface area contributed by atoms with Crippen molar-refractivity contribution in [3.63, 3.8) is 0 Å².